The molecule has 5 nitrogen and oxygen atoms in total. The van der Waals surface area contributed by atoms with Crippen LogP contribution < -0.4 is 14.8 Å². The Morgan fingerprint density at radius 3 is 2.67 bits per heavy atom. The van der Waals surface area contributed by atoms with Crippen LogP contribution in [0, 0.1) is 11.6 Å². The maximum Gasteiger partial charge on any atom is 0.251 e. The van der Waals surface area contributed by atoms with Crippen LogP contribution in [0.15, 0.2) is 36.4 Å². The van der Waals surface area contributed by atoms with Crippen molar-refractivity contribution in [2.45, 2.75) is 12.5 Å². The van der Waals surface area contributed by atoms with Crippen LogP contribution in [-0.2, 0) is 5.60 Å². The standard InChI is InChI=1S/C17H15F2NO4/c1-17(22,11-3-5-14-15(7-11)24-9-23-14)8-20-16(21)10-2-4-12(18)13(19)6-10/h2-7,22H,8-9H2,1H3,(H,20,21)/t17-/m0/s1. The molecule has 2 aromatic rings. The molecular formula is C17H15F2NO4. The summed E-state index contributed by atoms with van der Waals surface area (Å²) in [4.78, 5) is 12.0. The van der Waals surface area contributed by atoms with Gasteiger partial charge < -0.3 is 19.9 Å². The number of carbonyl (C=O) groups is 1. The fraction of sp³-hybridized carbons (Fsp3) is 0.235. The molecule has 0 unspecified atom stereocenters. The molecule has 0 aromatic heterocycles. The van der Waals surface area contributed by atoms with E-state index in [-0.39, 0.29) is 18.9 Å². The molecule has 0 radical (unpaired) electrons. The molecule has 0 bridgehead atoms. The summed E-state index contributed by atoms with van der Waals surface area (Å²) in [5.41, 5.74) is -0.886. The number of rotatable bonds is 4. The van der Waals surface area contributed by atoms with Crippen molar-refractivity contribution in [3.05, 3.63) is 59.2 Å². The van der Waals surface area contributed by atoms with Crippen molar-refractivity contribution in [1.29, 1.82) is 0 Å². The second-order valence-electron chi connectivity index (χ2n) is 5.65. The fourth-order valence-corrected chi connectivity index (χ4v) is 2.33. The van der Waals surface area contributed by atoms with Gasteiger partial charge in [-0.15, -0.1) is 0 Å². The highest BCUT2D eigenvalue weighted by molar-refractivity contribution is 5.94. The van der Waals surface area contributed by atoms with E-state index in [2.05, 4.69) is 5.32 Å². The van der Waals surface area contributed by atoms with Crippen molar-refractivity contribution in [1.82, 2.24) is 5.32 Å². The van der Waals surface area contributed by atoms with E-state index in [1.165, 1.54) is 13.0 Å². The summed E-state index contributed by atoms with van der Waals surface area (Å²) in [6.45, 7) is 1.52. The Hall–Kier alpha value is -2.67. The van der Waals surface area contributed by atoms with E-state index >= 15 is 0 Å². The molecule has 0 aliphatic carbocycles. The van der Waals surface area contributed by atoms with Gasteiger partial charge in [0, 0.05) is 5.56 Å². The lowest BCUT2D eigenvalue weighted by molar-refractivity contribution is 0.0524. The highest BCUT2D eigenvalue weighted by Gasteiger charge is 2.27. The third-order valence-corrected chi connectivity index (χ3v) is 3.77. The Morgan fingerprint density at radius 2 is 1.92 bits per heavy atom. The Kier molecular flexibility index (Phi) is 4.11. The Balaban J connectivity index is 1.70. The number of hydrogen-bond acceptors (Lipinski definition) is 4. The molecule has 1 aliphatic heterocycles. The van der Waals surface area contributed by atoms with E-state index in [1.807, 2.05) is 0 Å². The zero-order valence-electron chi connectivity index (χ0n) is 12.8. The topological polar surface area (TPSA) is 67.8 Å². The van der Waals surface area contributed by atoms with Crippen molar-refractivity contribution in [3.63, 3.8) is 0 Å². The van der Waals surface area contributed by atoms with Crippen LogP contribution in [0.2, 0.25) is 0 Å². The van der Waals surface area contributed by atoms with E-state index < -0.39 is 23.1 Å². The minimum absolute atomic E-state index is 0.0320. The van der Waals surface area contributed by atoms with E-state index in [1.54, 1.807) is 18.2 Å². The zero-order valence-corrected chi connectivity index (χ0v) is 12.8. The van der Waals surface area contributed by atoms with Crippen LogP contribution >= 0.6 is 0 Å². The number of carbonyl (C=O) groups excluding carboxylic acids is 1. The summed E-state index contributed by atoms with van der Waals surface area (Å²) in [7, 11) is 0. The first-order valence-electron chi connectivity index (χ1n) is 7.22. The smallest absolute Gasteiger partial charge is 0.251 e. The summed E-state index contributed by atoms with van der Waals surface area (Å²) in [5.74, 6) is -1.65. The van der Waals surface area contributed by atoms with Crippen LogP contribution in [0.4, 0.5) is 8.78 Å². The second-order valence-corrected chi connectivity index (χ2v) is 5.65. The van der Waals surface area contributed by atoms with E-state index in [0.29, 0.717) is 17.1 Å². The molecule has 0 spiro atoms. The first-order valence-corrected chi connectivity index (χ1v) is 7.22. The number of hydrogen-bond donors (Lipinski definition) is 2. The lowest BCUT2D eigenvalue weighted by atomic mass is 9.95. The minimum atomic E-state index is -1.38. The molecular weight excluding hydrogens is 320 g/mol. The number of ether oxygens (including phenoxy) is 2. The number of fused-ring (bicyclic) bond motifs is 1. The molecule has 0 saturated carbocycles. The Morgan fingerprint density at radius 1 is 1.17 bits per heavy atom. The van der Waals surface area contributed by atoms with Gasteiger partial charge in [-0.2, -0.15) is 0 Å². The maximum atomic E-state index is 13.2. The molecule has 1 amide bonds. The van der Waals surface area contributed by atoms with Crippen LogP contribution in [0.25, 0.3) is 0 Å². The zero-order chi connectivity index (χ0) is 17.3. The van der Waals surface area contributed by atoms with Crippen molar-refractivity contribution in [2.24, 2.45) is 0 Å². The third kappa shape index (κ3) is 3.16. The summed E-state index contributed by atoms with van der Waals surface area (Å²) in [6, 6.07) is 7.82. The lowest BCUT2D eigenvalue weighted by Crippen LogP contribution is -2.38. The molecule has 2 aromatic carbocycles. The number of halogens is 2. The van der Waals surface area contributed by atoms with Gasteiger partial charge in [0.15, 0.2) is 23.1 Å². The van der Waals surface area contributed by atoms with Crippen LogP contribution in [0.5, 0.6) is 11.5 Å². The second kappa shape index (κ2) is 6.09. The molecule has 24 heavy (non-hydrogen) atoms. The van der Waals surface area contributed by atoms with E-state index in [4.69, 9.17) is 9.47 Å². The molecule has 1 heterocycles. The predicted molar refractivity (Wildman–Crippen MR) is 80.8 cm³/mol. The van der Waals surface area contributed by atoms with Crippen LogP contribution in [0.3, 0.4) is 0 Å². The highest BCUT2D eigenvalue weighted by Crippen LogP contribution is 2.35. The highest BCUT2D eigenvalue weighted by atomic mass is 19.2. The van der Waals surface area contributed by atoms with Gasteiger partial charge in [-0.3, -0.25) is 4.79 Å². The Bertz CT molecular complexity index is 792. The van der Waals surface area contributed by atoms with Gasteiger partial charge in [-0.05, 0) is 42.8 Å². The molecule has 1 aliphatic rings. The lowest BCUT2D eigenvalue weighted by Gasteiger charge is -2.24. The van der Waals surface area contributed by atoms with Gasteiger partial charge in [0.1, 0.15) is 5.60 Å². The number of nitrogens with one attached hydrogen (secondary N) is 1. The van der Waals surface area contributed by atoms with Crippen molar-refractivity contribution < 1.29 is 28.2 Å². The third-order valence-electron chi connectivity index (χ3n) is 3.77. The summed E-state index contributed by atoms with van der Waals surface area (Å²) in [6.07, 6.45) is 0. The average Bonchev–Trinajstić information content (AvgIpc) is 3.03. The predicted octanol–water partition coefficient (Wildman–Crippen LogP) is 2.33. The number of aliphatic hydroxyl groups is 1. The fourth-order valence-electron chi connectivity index (χ4n) is 2.33. The van der Waals surface area contributed by atoms with Gasteiger partial charge in [-0.1, -0.05) is 6.07 Å². The monoisotopic (exact) mass is 335 g/mol. The molecule has 3 rings (SSSR count). The average molecular weight is 335 g/mol. The number of benzene rings is 2. The molecule has 0 fully saturated rings. The maximum absolute atomic E-state index is 13.2. The summed E-state index contributed by atoms with van der Waals surface area (Å²) >= 11 is 0. The molecule has 0 saturated heterocycles. The summed E-state index contributed by atoms with van der Waals surface area (Å²) in [5, 5.41) is 13.1. The summed E-state index contributed by atoms with van der Waals surface area (Å²) < 4.78 is 36.5. The Labute approximate surface area is 136 Å². The normalized spacial score (nSPS) is 15.0. The molecule has 1 atom stereocenters. The van der Waals surface area contributed by atoms with Crippen LogP contribution in [0.1, 0.15) is 22.8 Å². The van der Waals surface area contributed by atoms with Gasteiger partial charge in [0.2, 0.25) is 6.79 Å². The first kappa shape index (κ1) is 16.2. The van der Waals surface area contributed by atoms with Crippen molar-refractivity contribution in [2.75, 3.05) is 13.3 Å². The van der Waals surface area contributed by atoms with Gasteiger partial charge in [-0.25, -0.2) is 8.78 Å². The largest absolute Gasteiger partial charge is 0.454 e. The first-order chi connectivity index (χ1) is 11.4. The van der Waals surface area contributed by atoms with Gasteiger partial charge in [0.05, 0.1) is 6.54 Å². The van der Waals surface area contributed by atoms with E-state index in [0.717, 1.165) is 12.1 Å². The van der Waals surface area contributed by atoms with Crippen LogP contribution in [-0.4, -0.2) is 24.4 Å². The minimum Gasteiger partial charge on any atom is -0.454 e. The molecule has 7 heteroatoms. The van der Waals surface area contributed by atoms with Gasteiger partial charge in [0.25, 0.3) is 5.91 Å². The van der Waals surface area contributed by atoms with Crippen molar-refractivity contribution in [3.8, 4) is 11.5 Å². The SMILES string of the molecule is C[C@](O)(CNC(=O)c1ccc(F)c(F)c1)c1ccc2c(c1)OCO2. The van der Waals surface area contributed by atoms with Gasteiger partial charge >= 0.3 is 0 Å². The van der Waals surface area contributed by atoms with E-state index in [9.17, 15) is 18.7 Å². The number of amides is 1. The van der Waals surface area contributed by atoms with Crippen molar-refractivity contribution >= 4 is 5.91 Å². The molecule has 2 N–H and O–H groups in total. The quantitative estimate of drug-likeness (QED) is 0.900. The molecule has 126 valence electrons.